The number of aromatic nitrogens is 1. The summed E-state index contributed by atoms with van der Waals surface area (Å²) >= 11 is 0. The van der Waals surface area contributed by atoms with E-state index in [1.54, 1.807) is 31.5 Å². The Labute approximate surface area is 126 Å². The number of nitrogens with zero attached hydrogens (tertiary/aromatic N) is 2. The van der Waals surface area contributed by atoms with Crippen LogP contribution in [0.15, 0.2) is 48.8 Å². The van der Waals surface area contributed by atoms with Crippen LogP contribution in [0.5, 0.6) is 0 Å². The average molecular weight is 308 g/mol. The van der Waals surface area contributed by atoms with Gasteiger partial charge in [-0.15, -0.1) is 0 Å². The van der Waals surface area contributed by atoms with Gasteiger partial charge in [0.15, 0.2) is 0 Å². The van der Waals surface area contributed by atoms with E-state index in [0.29, 0.717) is 12.2 Å². The Hall–Kier alpha value is -2.37. The molecule has 2 aromatic rings. The second kappa shape index (κ2) is 6.60. The van der Waals surface area contributed by atoms with E-state index in [0.717, 1.165) is 17.7 Å². The predicted octanol–water partition coefficient (Wildman–Crippen LogP) is 3.70. The molecular formula is C16H15F3N2O. The summed E-state index contributed by atoms with van der Waals surface area (Å²) in [5.41, 5.74) is 0.481. The highest BCUT2D eigenvalue weighted by molar-refractivity contribution is 5.94. The molecule has 0 aliphatic carbocycles. The molecule has 3 nitrogen and oxygen atoms in total. The van der Waals surface area contributed by atoms with E-state index in [1.165, 1.54) is 17.0 Å². The first-order valence-electron chi connectivity index (χ1n) is 6.78. The van der Waals surface area contributed by atoms with E-state index in [9.17, 15) is 18.0 Å². The predicted molar refractivity (Wildman–Crippen MR) is 77.4 cm³/mol. The van der Waals surface area contributed by atoms with Gasteiger partial charge in [0.05, 0.1) is 12.0 Å². The fraction of sp³-hybridized carbons (Fsp3) is 0.250. The molecule has 0 aliphatic heterocycles. The smallest absolute Gasteiger partial charge is 0.312 e. The van der Waals surface area contributed by atoms with Crippen molar-refractivity contribution in [2.75, 3.05) is 11.4 Å². The van der Waals surface area contributed by atoms with Crippen molar-refractivity contribution in [1.82, 2.24) is 4.98 Å². The number of carbonyl (C=O) groups excluding carboxylic acids is 1. The number of halogens is 3. The summed E-state index contributed by atoms with van der Waals surface area (Å²) < 4.78 is 37.7. The standard InChI is InChI=1S/C16H15F3N2O/c1-2-21(15(22)10-12-4-3-9-20-11-12)14-7-5-13(6-8-14)16(17,18)19/h3-9,11H,2,10H2,1H3. The van der Waals surface area contributed by atoms with Gasteiger partial charge in [0.25, 0.3) is 0 Å². The lowest BCUT2D eigenvalue weighted by Crippen LogP contribution is -2.32. The third kappa shape index (κ3) is 3.84. The second-order valence-electron chi connectivity index (χ2n) is 4.72. The van der Waals surface area contributed by atoms with E-state index in [4.69, 9.17) is 0 Å². The Morgan fingerprint density at radius 1 is 1.18 bits per heavy atom. The number of carbonyl (C=O) groups is 1. The molecule has 0 fully saturated rings. The van der Waals surface area contributed by atoms with Gasteiger partial charge in [-0.2, -0.15) is 13.2 Å². The molecule has 0 saturated carbocycles. The van der Waals surface area contributed by atoms with Gasteiger partial charge >= 0.3 is 6.18 Å². The molecule has 0 radical (unpaired) electrons. The first-order valence-corrected chi connectivity index (χ1v) is 6.78. The molecule has 22 heavy (non-hydrogen) atoms. The van der Waals surface area contributed by atoms with Gasteiger partial charge in [-0.05, 0) is 42.8 Å². The molecule has 0 atom stereocenters. The van der Waals surface area contributed by atoms with Gasteiger partial charge in [-0.25, -0.2) is 0 Å². The van der Waals surface area contributed by atoms with Crippen LogP contribution in [-0.4, -0.2) is 17.4 Å². The monoisotopic (exact) mass is 308 g/mol. The van der Waals surface area contributed by atoms with Gasteiger partial charge in [-0.1, -0.05) is 6.07 Å². The molecule has 2 rings (SSSR count). The van der Waals surface area contributed by atoms with E-state index in [1.807, 2.05) is 0 Å². The minimum Gasteiger partial charge on any atom is -0.312 e. The van der Waals surface area contributed by atoms with Crippen LogP contribution in [0.2, 0.25) is 0 Å². The normalized spacial score (nSPS) is 11.3. The highest BCUT2D eigenvalue weighted by Gasteiger charge is 2.30. The van der Waals surface area contributed by atoms with Crippen molar-refractivity contribution in [3.63, 3.8) is 0 Å². The molecule has 0 saturated heterocycles. The maximum absolute atomic E-state index is 12.6. The van der Waals surface area contributed by atoms with E-state index >= 15 is 0 Å². The molecule has 1 aromatic carbocycles. The molecule has 116 valence electrons. The van der Waals surface area contributed by atoms with Gasteiger partial charge in [0.1, 0.15) is 0 Å². The first-order chi connectivity index (χ1) is 10.4. The van der Waals surface area contributed by atoms with Crippen molar-refractivity contribution in [2.24, 2.45) is 0 Å². The Kier molecular flexibility index (Phi) is 4.80. The minimum absolute atomic E-state index is 0.155. The van der Waals surface area contributed by atoms with Crippen molar-refractivity contribution in [3.8, 4) is 0 Å². The number of hydrogen-bond acceptors (Lipinski definition) is 2. The molecule has 6 heteroatoms. The Balaban J connectivity index is 2.15. The SMILES string of the molecule is CCN(C(=O)Cc1cccnc1)c1ccc(C(F)(F)F)cc1. The number of likely N-dealkylation sites (N-methyl/N-ethyl adjacent to an activating group) is 1. The highest BCUT2D eigenvalue weighted by Crippen LogP contribution is 2.30. The van der Waals surface area contributed by atoms with Gasteiger partial charge in [0, 0.05) is 24.6 Å². The van der Waals surface area contributed by atoms with Crippen molar-refractivity contribution >= 4 is 11.6 Å². The lowest BCUT2D eigenvalue weighted by Gasteiger charge is -2.21. The van der Waals surface area contributed by atoms with Gasteiger partial charge < -0.3 is 4.90 Å². The molecular weight excluding hydrogens is 293 g/mol. The summed E-state index contributed by atoms with van der Waals surface area (Å²) in [6, 6.07) is 8.11. The Morgan fingerprint density at radius 3 is 2.36 bits per heavy atom. The van der Waals surface area contributed by atoms with Crippen molar-refractivity contribution < 1.29 is 18.0 Å². The first kappa shape index (κ1) is 16.0. The topological polar surface area (TPSA) is 33.2 Å². The fourth-order valence-electron chi connectivity index (χ4n) is 2.11. The number of anilines is 1. The number of benzene rings is 1. The zero-order chi connectivity index (χ0) is 16.2. The van der Waals surface area contributed by atoms with Crippen LogP contribution in [0.3, 0.4) is 0 Å². The molecule has 0 bridgehead atoms. The van der Waals surface area contributed by atoms with Gasteiger partial charge in [-0.3, -0.25) is 9.78 Å². The largest absolute Gasteiger partial charge is 0.416 e. The van der Waals surface area contributed by atoms with Crippen molar-refractivity contribution in [1.29, 1.82) is 0 Å². The summed E-state index contributed by atoms with van der Waals surface area (Å²) in [5.74, 6) is -0.185. The molecule has 0 spiro atoms. The third-order valence-electron chi connectivity index (χ3n) is 3.20. The van der Waals surface area contributed by atoms with Crippen LogP contribution in [0.25, 0.3) is 0 Å². The quantitative estimate of drug-likeness (QED) is 0.863. The second-order valence-corrected chi connectivity index (χ2v) is 4.72. The highest BCUT2D eigenvalue weighted by atomic mass is 19.4. The molecule has 0 aliphatic rings. The minimum atomic E-state index is -4.38. The Bertz CT molecular complexity index is 624. The number of amides is 1. The van der Waals surface area contributed by atoms with Crippen LogP contribution < -0.4 is 4.90 Å². The van der Waals surface area contributed by atoms with Crippen LogP contribution in [-0.2, 0) is 17.4 Å². The molecule has 1 heterocycles. The van der Waals surface area contributed by atoms with E-state index in [-0.39, 0.29) is 12.3 Å². The number of hydrogen-bond donors (Lipinski definition) is 0. The summed E-state index contributed by atoms with van der Waals surface area (Å²) in [4.78, 5) is 17.7. The number of pyridine rings is 1. The van der Waals surface area contributed by atoms with E-state index in [2.05, 4.69) is 4.98 Å². The number of alkyl halides is 3. The van der Waals surface area contributed by atoms with Crippen LogP contribution in [0.4, 0.5) is 18.9 Å². The molecule has 0 N–H and O–H groups in total. The average Bonchev–Trinajstić information content (AvgIpc) is 2.48. The zero-order valence-corrected chi connectivity index (χ0v) is 12.0. The maximum atomic E-state index is 12.6. The van der Waals surface area contributed by atoms with E-state index < -0.39 is 11.7 Å². The molecule has 1 amide bonds. The summed E-state index contributed by atoms with van der Waals surface area (Å²) in [5, 5.41) is 0. The summed E-state index contributed by atoms with van der Waals surface area (Å²) in [6.07, 6.45) is -1.02. The van der Waals surface area contributed by atoms with Gasteiger partial charge in [0.2, 0.25) is 5.91 Å². The number of rotatable bonds is 4. The van der Waals surface area contributed by atoms with Crippen molar-refractivity contribution in [3.05, 3.63) is 59.9 Å². The lowest BCUT2D eigenvalue weighted by atomic mass is 10.1. The lowest BCUT2D eigenvalue weighted by molar-refractivity contribution is -0.137. The summed E-state index contributed by atoms with van der Waals surface area (Å²) in [6.45, 7) is 2.16. The fourth-order valence-corrected chi connectivity index (χ4v) is 2.11. The third-order valence-corrected chi connectivity index (χ3v) is 3.20. The summed E-state index contributed by atoms with van der Waals surface area (Å²) in [7, 11) is 0. The molecule has 0 unspecified atom stereocenters. The molecule has 1 aromatic heterocycles. The zero-order valence-electron chi connectivity index (χ0n) is 12.0. The Morgan fingerprint density at radius 2 is 1.86 bits per heavy atom. The maximum Gasteiger partial charge on any atom is 0.416 e. The van der Waals surface area contributed by atoms with Crippen LogP contribution in [0.1, 0.15) is 18.1 Å². The van der Waals surface area contributed by atoms with Crippen LogP contribution in [0, 0.1) is 0 Å². The van der Waals surface area contributed by atoms with Crippen LogP contribution >= 0.6 is 0 Å². The van der Waals surface area contributed by atoms with Crippen molar-refractivity contribution in [2.45, 2.75) is 19.5 Å².